The number of hydrogen-bond donors (Lipinski definition) is 0. The molecule has 132 valence electrons. The quantitative estimate of drug-likeness (QED) is 0.817. The summed E-state index contributed by atoms with van der Waals surface area (Å²) in [6.07, 6.45) is 1.50. The van der Waals surface area contributed by atoms with E-state index in [-0.39, 0.29) is 5.91 Å². The molecule has 3 rings (SSSR count). The highest BCUT2D eigenvalue weighted by Gasteiger charge is 2.20. The van der Waals surface area contributed by atoms with E-state index in [0.717, 1.165) is 49.7 Å². The van der Waals surface area contributed by atoms with E-state index in [0.29, 0.717) is 6.42 Å². The van der Waals surface area contributed by atoms with Crippen LogP contribution in [0.1, 0.15) is 16.7 Å². The van der Waals surface area contributed by atoms with E-state index in [4.69, 9.17) is 11.6 Å². The molecule has 0 spiro atoms. The number of rotatable bonds is 5. The zero-order valence-electron chi connectivity index (χ0n) is 14.7. The van der Waals surface area contributed by atoms with Crippen molar-refractivity contribution < 1.29 is 4.79 Å². The zero-order chi connectivity index (χ0) is 17.6. The highest BCUT2D eigenvalue weighted by atomic mass is 35.5. The molecule has 0 bridgehead atoms. The summed E-state index contributed by atoms with van der Waals surface area (Å²) >= 11 is 6.04. The molecular weight excluding hydrogens is 332 g/mol. The van der Waals surface area contributed by atoms with Crippen molar-refractivity contribution in [1.29, 1.82) is 0 Å². The Balaban J connectivity index is 1.43. The predicted molar refractivity (Wildman–Crippen MR) is 103 cm³/mol. The molecule has 4 heteroatoms. The normalized spacial score (nSPS) is 15.4. The first kappa shape index (κ1) is 18.0. The van der Waals surface area contributed by atoms with Crippen LogP contribution in [0.3, 0.4) is 0 Å². The summed E-state index contributed by atoms with van der Waals surface area (Å²) in [6.45, 7) is 6.61. The Morgan fingerprint density at radius 3 is 2.40 bits per heavy atom. The average Bonchev–Trinajstić information content (AvgIpc) is 2.62. The number of aryl methyl sites for hydroxylation is 1. The summed E-state index contributed by atoms with van der Waals surface area (Å²) in [6, 6.07) is 16.3. The van der Waals surface area contributed by atoms with Crippen molar-refractivity contribution in [1.82, 2.24) is 9.80 Å². The third-order valence-electron chi connectivity index (χ3n) is 4.81. The maximum Gasteiger partial charge on any atom is 0.227 e. The fraction of sp³-hybridized carbons (Fsp3) is 0.381. The second-order valence-corrected chi connectivity index (χ2v) is 7.20. The molecular formula is C21H25ClN2O. The van der Waals surface area contributed by atoms with Gasteiger partial charge in [-0.05, 0) is 36.6 Å². The van der Waals surface area contributed by atoms with Crippen LogP contribution < -0.4 is 0 Å². The van der Waals surface area contributed by atoms with Crippen molar-refractivity contribution in [2.24, 2.45) is 0 Å². The predicted octanol–water partition coefficient (Wildman–Crippen LogP) is 3.58. The van der Waals surface area contributed by atoms with Gasteiger partial charge in [-0.2, -0.15) is 0 Å². The van der Waals surface area contributed by atoms with Gasteiger partial charge in [0.15, 0.2) is 0 Å². The van der Waals surface area contributed by atoms with Crippen LogP contribution in [-0.2, 0) is 17.6 Å². The molecule has 3 nitrogen and oxygen atoms in total. The van der Waals surface area contributed by atoms with E-state index in [1.165, 1.54) is 11.1 Å². The highest BCUT2D eigenvalue weighted by Crippen LogP contribution is 2.13. The van der Waals surface area contributed by atoms with E-state index in [1.54, 1.807) is 0 Å². The lowest BCUT2D eigenvalue weighted by molar-refractivity contribution is -0.132. The minimum Gasteiger partial charge on any atom is -0.340 e. The lowest BCUT2D eigenvalue weighted by Gasteiger charge is -2.34. The lowest BCUT2D eigenvalue weighted by atomic mass is 10.1. The maximum atomic E-state index is 12.5. The Bertz CT molecular complexity index is 706. The molecule has 1 saturated heterocycles. The van der Waals surface area contributed by atoms with Crippen LogP contribution in [0, 0.1) is 6.92 Å². The lowest BCUT2D eigenvalue weighted by Crippen LogP contribution is -2.49. The standard InChI is InChI=1S/C21H25ClN2O/c1-17-5-7-19(8-6-17)16-21(25)24-13-11-23(12-14-24)10-9-18-3-2-4-20(22)15-18/h2-8,15H,9-14,16H2,1H3. The van der Waals surface area contributed by atoms with Crippen molar-refractivity contribution in [3.8, 4) is 0 Å². The molecule has 0 N–H and O–H groups in total. The number of hydrogen-bond acceptors (Lipinski definition) is 2. The third-order valence-corrected chi connectivity index (χ3v) is 5.04. The Morgan fingerprint density at radius 2 is 1.72 bits per heavy atom. The van der Waals surface area contributed by atoms with Crippen molar-refractivity contribution in [2.45, 2.75) is 19.8 Å². The first-order valence-electron chi connectivity index (χ1n) is 8.90. The summed E-state index contributed by atoms with van der Waals surface area (Å²) in [4.78, 5) is 16.9. The first-order valence-corrected chi connectivity index (χ1v) is 9.28. The molecule has 0 radical (unpaired) electrons. The fourth-order valence-corrected chi connectivity index (χ4v) is 3.41. The van der Waals surface area contributed by atoms with E-state index in [2.05, 4.69) is 42.2 Å². The third kappa shape index (κ3) is 5.32. The molecule has 1 aliphatic heterocycles. The zero-order valence-corrected chi connectivity index (χ0v) is 15.5. The van der Waals surface area contributed by atoms with Gasteiger partial charge in [0.05, 0.1) is 6.42 Å². The van der Waals surface area contributed by atoms with E-state index < -0.39 is 0 Å². The molecule has 0 unspecified atom stereocenters. The molecule has 1 heterocycles. The Hall–Kier alpha value is -1.84. The molecule has 25 heavy (non-hydrogen) atoms. The molecule has 1 fully saturated rings. The Kier molecular flexibility index (Phi) is 6.11. The second kappa shape index (κ2) is 8.50. The van der Waals surface area contributed by atoms with Crippen LogP contribution in [0.15, 0.2) is 48.5 Å². The van der Waals surface area contributed by atoms with Gasteiger partial charge >= 0.3 is 0 Å². The number of halogens is 1. The molecule has 0 aliphatic carbocycles. The summed E-state index contributed by atoms with van der Waals surface area (Å²) in [5, 5.41) is 0.795. The van der Waals surface area contributed by atoms with Crippen LogP contribution >= 0.6 is 11.6 Å². The van der Waals surface area contributed by atoms with Gasteiger partial charge in [-0.3, -0.25) is 9.69 Å². The molecule has 0 saturated carbocycles. The number of carbonyl (C=O) groups is 1. The second-order valence-electron chi connectivity index (χ2n) is 6.76. The van der Waals surface area contributed by atoms with Gasteiger partial charge in [-0.1, -0.05) is 53.6 Å². The van der Waals surface area contributed by atoms with Crippen LogP contribution in [0.2, 0.25) is 5.02 Å². The SMILES string of the molecule is Cc1ccc(CC(=O)N2CCN(CCc3cccc(Cl)c3)CC2)cc1. The van der Waals surface area contributed by atoms with E-state index in [1.807, 2.05) is 23.1 Å². The van der Waals surface area contributed by atoms with Crippen LogP contribution in [-0.4, -0.2) is 48.4 Å². The van der Waals surface area contributed by atoms with Gasteiger partial charge in [0, 0.05) is 37.7 Å². The number of piperazine rings is 1. The van der Waals surface area contributed by atoms with E-state index in [9.17, 15) is 4.79 Å². The number of benzene rings is 2. The van der Waals surface area contributed by atoms with Crippen molar-refractivity contribution in [3.63, 3.8) is 0 Å². The molecule has 0 aromatic heterocycles. The van der Waals surface area contributed by atoms with Crippen molar-refractivity contribution in [3.05, 3.63) is 70.2 Å². The van der Waals surface area contributed by atoms with Crippen molar-refractivity contribution in [2.75, 3.05) is 32.7 Å². The van der Waals surface area contributed by atoms with Gasteiger partial charge in [0.25, 0.3) is 0 Å². The van der Waals surface area contributed by atoms with Gasteiger partial charge < -0.3 is 4.90 Å². The average molecular weight is 357 g/mol. The Labute approximate surface area is 155 Å². The van der Waals surface area contributed by atoms with E-state index >= 15 is 0 Å². The molecule has 1 aliphatic rings. The fourth-order valence-electron chi connectivity index (χ4n) is 3.19. The molecule has 2 aromatic carbocycles. The summed E-state index contributed by atoms with van der Waals surface area (Å²) in [5.41, 5.74) is 3.59. The minimum absolute atomic E-state index is 0.235. The van der Waals surface area contributed by atoms with Gasteiger partial charge in [-0.25, -0.2) is 0 Å². The largest absolute Gasteiger partial charge is 0.340 e. The number of nitrogens with zero attached hydrogens (tertiary/aromatic N) is 2. The maximum absolute atomic E-state index is 12.5. The van der Waals surface area contributed by atoms with Crippen LogP contribution in [0.25, 0.3) is 0 Å². The van der Waals surface area contributed by atoms with Gasteiger partial charge in [0.1, 0.15) is 0 Å². The summed E-state index contributed by atoms with van der Waals surface area (Å²) in [5.74, 6) is 0.235. The summed E-state index contributed by atoms with van der Waals surface area (Å²) < 4.78 is 0. The highest BCUT2D eigenvalue weighted by molar-refractivity contribution is 6.30. The Morgan fingerprint density at radius 1 is 1.00 bits per heavy atom. The molecule has 0 atom stereocenters. The topological polar surface area (TPSA) is 23.6 Å². The van der Waals surface area contributed by atoms with Crippen LogP contribution in [0.5, 0.6) is 0 Å². The van der Waals surface area contributed by atoms with Crippen LogP contribution in [0.4, 0.5) is 0 Å². The molecule has 1 amide bonds. The summed E-state index contributed by atoms with van der Waals surface area (Å²) in [7, 11) is 0. The van der Waals surface area contributed by atoms with Gasteiger partial charge in [-0.15, -0.1) is 0 Å². The smallest absolute Gasteiger partial charge is 0.227 e. The molecule has 2 aromatic rings. The monoisotopic (exact) mass is 356 g/mol. The minimum atomic E-state index is 0.235. The van der Waals surface area contributed by atoms with Crippen molar-refractivity contribution >= 4 is 17.5 Å². The first-order chi connectivity index (χ1) is 12.1. The van der Waals surface area contributed by atoms with Gasteiger partial charge in [0.2, 0.25) is 5.91 Å². The number of amides is 1. The number of carbonyl (C=O) groups excluding carboxylic acids is 1.